The van der Waals surface area contributed by atoms with Gasteiger partial charge in [0.15, 0.2) is 0 Å². The number of piperidine rings is 1. The molecule has 0 bridgehead atoms. The number of anilines is 1. The first kappa shape index (κ1) is 23.7. The second-order valence-corrected chi connectivity index (χ2v) is 10.3. The van der Waals surface area contributed by atoms with Crippen molar-refractivity contribution in [2.45, 2.75) is 50.9 Å². The number of carbonyl (C=O) groups excluding carboxylic acids is 2. The maximum Gasteiger partial charge on any atom is 0.278 e. The van der Waals surface area contributed by atoms with Gasteiger partial charge in [-0.2, -0.15) is 5.10 Å². The number of hydrogen-bond donors (Lipinski definition) is 0. The van der Waals surface area contributed by atoms with E-state index in [-0.39, 0.29) is 30.0 Å². The monoisotopic (exact) mass is 495 g/mol. The molecule has 0 N–H and O–H groups in total. The maximum atomic E-state index is 13.9. The first-order valence-corrected chi connectivity index (χ1v) is 13.1. The molecule has 2 aliphatic rings. The summed E-state index contributed by atoms with van der Waals surface area (Å²) in [5.41, 5.74) is 3.17. The molecule has 9 heteroatoms. The summed E-state index contributed by atoms with van der Waals surface area (Å²) in [6.45, 7) is 1.23. The van der Waals surface area contributed by atoms with E-state index in [1.54, 1.807) is 30.1 Å². The molecule has 0 radical (unpaired) electrons. The number of fused-ring (bicyclic) bond motifs is 1. The largest absolute Gasteiger partial charge is 0.342 e. The molecule has 1 aromatic carbocycles. The summed E-state index contributed by atoms with van der Waals surface area (Å²) in [6.07, 6.45) is 5.84. The number of amides is 2. The minimum Gasteiger partial charge on any atom is -0.342 e. The number of aryl methyl sites for hydroxylation is 2. The lowest BCUT2D eigenvalue weighted by atomic mass is 9.97. The van der Waals surface area contributed by atoms with Crippen molar-refractivity contribution in [3.63, 3.8) is 0 Å². The number of rotatable bonds is 5. The van der Waals surface area contributed by atoms with E-state index in [2.05, 4.69) is 5.10 Å². The van der Waals surface area contributed by atoms with Gasteiger partial charge in [-0.1, -0.05) is 18.2 Å². The van der Waals surface area contributed by atoms with Crippen LogP contribution < -0.4 is 4.90 Å². The van der Waals surface area contributed by atoms with Gasteiger partial charge in [0.25, 0.3) is 5.91 Å². The highest BCUT2D eigenvalue weighted by atomic mass is 32.1. The van der Waals surface area contributed by atoms with E-state index >= 15 is 0 Å². The molecule has 7 nitrogen and oxygen atoms in total. The van der Waals surface area contributed by atoms with Crippen LogP contribution in [0.2, 0.25) is 0 Å². The van der Waals surface area contributed by atoms with E-state index < -0.39 is 0 Å². The van der Waals surface area contributed by atoms with E-state index in [0.29, 0.717) is 24.3 Å². The Morgan fingerprint density at radius 2 is 1.91 bits per heavy atom. The highest BCUT2D eigenvalue weighted by molar-refractivity contribution is 7.10. The normalized spacial score (nSPS) is 16.3. The SMILES string of the molecule is CN(C(=O)c1csc(C2CCN(C(=O)Cc3ccccc3F)CC2)n1)c1c2c(nn1C)CCCC2. The van der Waals surface area contributed by atoms with Gasteiger partial charge in [-0.15, -0.1) is 11.3 Å². The lowest BCUT2D eigenvalue weighted by Crippen LogP contribution is -2.39. The molecule has 0 saturated carbocycles. The van der Waals surface area contributed by atoms with E-state index in [0.717, 1.165) is 55.0 Å². The third-order valence-electron chi connectivity index (χ3n) is 7.15. The van der Waals surface area contributed by atoms with Gasteiger partial charge >= 0.3 is 0 Å². The summed E-state index contributed by atoms with van der Waals surface area (Å²) in [5.74, 6) is 0.563. The summed E-state index contributed by atoms with van der Waals surface area (Å²) in [6, 6.07) is 6.42. The second-order valence-electron chi connectivity index (χ2n) is 9.44. The molecular formula is C26H30FN5O2S. The van der Waals surface area contributed by atoms with E-state index in [9.17, 15) is 14.0 Å². The van der Waals surface area contributed by atoms with Crippen LogP contribution in [0.3, 0.4) is 0 Å². The highest BCUT2D eigenvalue weighted by Gasteiger charge is 2.29. The predicted octanol–water partition coefficient (Wildman–Crippen LogP) is 4.12. The molecule has 1 aliphatic heterocycles. The summed E-state index contributed by atoms with van der Waals surface area (Å²) in [7, 11) is 3.69. The Kier molecular flexibility index (Phi) is 6.69. The minimum atomic E-state index is -0.340. The van der Waals surface area contributed by atoms with Gasteiger partial charge < -0.3 is 4.90 Å². The number of likely N-dealkylation sites (tertiary alicyclic amines) is 1. The summed E-state index contributed by atoms with van der Waals surface area (Å²) in [5, 5.41) is 7.41. The van der Waals surface area contributed by atoms with Crippen LogP contribution in [0.5, 0.6) is 0 Å². The highest BCUT2D eigenvalue weighted by Crippen LogP contribution is 2.33. The lowest BCUT2D eigenvalue weighted by Gasteiger charge is -2.31. The minimum absolute atomic E-state index is 0.0512. The molecule has 0 unspecified atom stereocenters. The zero-order valence-electron chi connectivity index (χ0n) is 20.2. The Balaban J connectivity index is 1.21. The first-order valence-electron chi connectivity index (χ1n) is 12.2. The van der Waals surface area contributed by atoms with Gasteiger partial charge in [-0.3, -0.25) is 19.2 Å². The third-order valence-corrected chi connectivity index (χ3v) is 8.15. The van der Waals surface area contributed by atoms with Gasteiger partial charge in [0.2, 0.25) is 5.91 Å². The molecule has 2 aromatic heterocycles. The molecule has 0 atom stereocenters. The van der Waals surface area contributed by atoms with Crippen molar-refractivity contribution in [1.29, 1.82) is 0 Å². The average Bonchev–Trinajstić information content (AvgIpc) is 3.49. The van der Waals surface area contributed by atoms with Crippen molar-refractivity contribution in [2.24, 2.45) is 7.05 Å². The molecule has 1 saturated heterocycles. The van der Waals surface area contributed by atoms with E-state index in [4.69, 9.17) is 4.98 Å². The second kappa shape index (κ2) is 9.89. The predicted molar refractivity (Wildman–Crippen MR) is 133 cm³/mol. The van der Waals surface area contributed by atoms with Crippen LogP contribution >= 0.6 is 11.3 Å². The summed E-state index contributed by atoms with van der Waals surface area (Å²) < 4.78 is 15.7. The Morgan fingerprint density at radius 1 is 1.17 bits per heavy atom. The molecule has 184 valence electrons. The smallest absolute Gasteiger partial charge is 0.278 e. The fourth-order valence-electron chi connectivity index (χ4n) is 5.22. The molecular weight excluding hydrogens is 465 g/mol. The van der Waals surface area contributed by atoms with Crippen molar-refractivity contribution < 1.29 is 14.0 Å². The van der Waals surface area contributed by atoms with Crippen LogP contribution in [0, 0.1) is 5.82 Å². The molecule has 1 fully saturated rings. The Hall–Kier alpha value is -3.07. The van der Waals surface area contributed by atoms with Gasteiger partial charge in [0.1, 0.15) is 17.3 Å². The Bertz CT molecular complexity index is 1240. The van der Waals surface area contributed by atoms with Gasteiger partial charge in [-0.05, 0) is 50.2 Å². The number of carbonyl (C=O) groups is 2. The topological polar surface area (TPSA) is 71.3 Å². The standard InChI is InChI=1S/C26H30FN5O2S/c1-30(25-19-8-4-6-10-21(19)29-31(25)2)26(34)22-16-35-24(28-22)17-11-13-32(14-12-17)23(33)15-18-7-3-5-9-20(18)27/h3,5,7,9,16-17H,4,6,8,10-15H2,1-2H3. The third kappa shape index (κ3) is 4.74. The number of halogens is 1. The number of nitrogens with zero attached hydrogens (tertiary/aromatic N) is 5. The number of thiazole rings is 1. The molecule has 35 heavy (non-hydrogen) atoms. The molecule has 2 amide bonds. The molecule has 0 spiro atoms. The van der Waals surface area contributed by atoms with Crippen molar-refractivity contribution in [2.75, 3.05) is 25.0 Å². The Morgan fingerprint density at radius 3 is 2.69 bits per heavy atom. The van der Waals surface area contributed by atoms with Crippen LogP contribution in [-0.2, 0) is 31.1 Å². The van der Waals surface area contributed by atoms with E-state index in [1.807, 2.05) is 22.0 Å². The van der Waals surface area contributed by atoms with Crippen LogP contribution in [0.1, 0.15) is 63.9 Å². The van der Waals surface area contributed by atoms with Gasteiger partial charge in [0, 0.05) is 44.0 Å². The number of benzene rings is 1. The lowest BCUT2D eigenvalue weighted by molar-refractivity contribution is -0.131. The van der Waals surface area contributed by atoms with E-state index in [1.165, 1.54) is 23.0 Å². The van der Waals surface area contributed by atoms with Crippen LogP contribution in [-0.4, -0.2) is 51.6 Å². The molecule has 3 heterocycles. The maximum absolute atomic E-state index is 13.9. The number of aromatic nitrogens is 3. The summed E-state index contributed by atoms with van der Waals surface area (Å²) in [4.78, 5) is 34.1. The Labute approximate surface area is 208 Å². The first-order chi connectivity index (χ1) is 16.9. The quantitative estimate of drug-likeness (QED) is 0.534. The zero-order chi connectivity index (χ0) is 24.5. The molecule has 5 rings (SSSR count). The molecule has 1 aliphatic carbocycles. The molecule has 3 aromatic rings. The van der Waals surface area contributed by atoms with Crippen LogP contribution in [0.25, 0.3) is 0 Å². The van der Waals surface area contributed by atoms with Crippen molar-refractivity contribution in [3.05, 3.63) is 63.0 Å². The van der Waals surface area contributed by atoms with Crippen molar-refractivity contribution in [1.82, 2.24) is 19.7 Å². The van der Waals surface area contributed by atoms with Crippen molar-refractivity contribution >= 4 is 29.0 Å². The zero-order valence-corrected chi connectivity index (χ0v) is 21.0. The number of hydrogen-bond acceptors (Lipinski definition) is 5. The van der Waals surface area contributed by atoms with Gasteiger partial charge in [0.05, 0.1) is 17.1 Å². The van der Waals surface area contributed by atoms with Crippen LogP contribution in [0.4, 0.5) is 10.2 Å². The fraction of sp³-hybridized carbons (Fsp3) is 0.462. The van der Waals surface area contributed by atoms with Crippen LogP contribution in [0.15, 0.2) is 29.6 Å². The van der Waals surface area contributed by atoms with Crippen molar-refractivity contribution in [3.8, 4) is 0 Å². The average molecular weight is 496 g/mol. The van der Waals surface area contributed by atoms with Gasteiger partial charge in [-0.25, -0.2) is 9.37 Å². The summed E-state index contributed by atoms with van der Waals surface area (Å²) >= 11 is 1.51. The fourth-order valence-corrected chi connectivity index (χ4v) is 6.18.